The van der Waals surface area contributed by atoms with Gasteiger partial charge >= 0.3 is 0 Å². The smallest absolute Gasteiger partial charge is 0.251 e. The molecule has 2 fully saturated rings. The van der Waals surface area contributed by atoms with Crippen molar-refractivity contribution in [3.8, 4) is 0 Å². The van der Waals surface area contributed by atoms with Gasteiger partial charge in [-0.3, -0.25) is 4.79 Å². The maximum atomic E-state index is 12.2. The molecule has 0 aliphatic carbocycles. The largest absolute Gasteiger partial charge is 0.395 e. The van der Waals surface area contributed by atoms with Crippen molar-refractivity contribution in [1.29, 1.82) is 0 Å². The van der Waals surface area contributed by atoms with Gasteiger partial charge in [0.1, 0.15) is 6.10 Å². The summed E-state index contributed by atoms with van der Waals surface area (Å²) in [5.41, 5.74) is 0. The first-order valence-corrected chi connectivity index (χ1v) is 6.56. The molecule has 0 aromatic rings. The number of aliphatic hydroxyl groups is 1. The Hall–Kier alpha value is -0.650. The molecule has 2 rings (SSSR count). The van der Waals surface area contributed by atoms with Gasteiger partial charge in [-0.15, -0.1) is 0 Å². The highest BCUT2D eigenvalue weighted by atomic mass is 16.5. The molecule has 98 valence electrons. The number of hydrogen-bond acceptors (Lipinski definition) is 4. The molecule has 2 N–H and O–H groups in total. The average Bonchev–Trinajstić information content (AvgIpc) is 3.00. The summed E-state index contributed by atoms with van der Waals surface area (Å²) in [7, 11) is 0. The summed E-state index contributed by atoms with van der Waals surface area (Å²) in [5.74, 6) is 0.0465. The fraction of sp³-hybridized carbons (Fsp3) is 0.917. The van der Waals surface area contributed by atoms with Gasteiger partial charge in [0.25, 0.3) is 5.91 Å². The molecule has 2 saturated heterocycles. The Kier molecular flexibility index (Phi) is 4.76. The summed E-state index contributed by atoms with van der Waals surface area (Å²) in [4.78, 5) is 13.9. The van der Waals surface area contributed by atoms with E-state index in [-0.39, 0.29) is 18.6 Å². The molecule has 2 unspecified atom stereocenters. The second-order valence-electron chi connectivity index (χ2n) is 4.80. The fourth-order valence-corrected chi connectivity index (χ4v) is 2.57. The van der Waals surface area contributed by atoms with Crippen LogP contribution in [0.3, 0.4) is 0 Å². The lowest BCUT2D eigenvalue weighted by Crippen LogP contribution is -2.46. The van der Waals surface area contributed by atoms with Crippen LogP contribution in [0.2, 0.25) is 0 Å². The molecule has 0 aromatic heterocycles. The summed E-state index contributed by atoms with van der Waals surface area (Å²) >= 11 is 0. The lowest BCUT2D eigenvalue weighted by molar-refractivity contribution is -0.141. The van der Waals surface area contributed by atoms with Gasteiger partial charge in [-0.25, -0.2) is 0 Å². The topological polar surface area (TPSA) is 61.8 Å². The number of carbonyl (C=O) groups is 1. The van der Waals surface area contributed by atoms with Gasteiger partial charge in [-0.05, 0) is 32.2 Å². The first-order chi connectivity index (χ1) is 8.31. The number of amides is 1. The van der Waals surface area contributed by atoms with Crippen molar-refractivity contribution in [3.63, 3.8) is 0 Å². The molecule has 5 heteroatoms. The zero-order valence-electron chi connectivity index (χ0n) is 10.2. The van der Waals surface area contributed by atoms with E-state index in [0.29, 0.717) is 25.7 Å². The lowest BCUT2D eigenvalue weighted by atomic mass is 10.1. The number of nitrogens with zero attached hydrogens (tertiary/aromatic N) is 1. The minimum atomic E-state index is -0.275. The van der Waals surface area contributed by atoms with Crippen LogP contribution in [-0.4, -0.2) is 60.9 Å². The Balaban J connectivity index is 1.87. The predicted molar refractivity (Wildman–Crippen MR) is 63.7 cm³/mol. The third kappa shape index (κ3) is 3.40. The second-order valence-corrected chi connectivity index (χ2v) is 4.80. The predicted octanol–water partition coefficient (Wildman–Crippen LogP) is -0.262. The van der Waals surface area contributed by atoms with E-state index in [1.54, 1.807) is 4.90 Å². The molecular formula is C12H22N2O3. The monoisotopic (exact) mass is 242 g/mol. The van der Waals surface area contributed by atoms with Crippen LogP contribution in [0.5, 0.6) is 0 Å². The summed E-state index contributed by atoms with van der Waals surface area (Å²) in [6, 6.07) is 0.381. The summed E-state index contributed by atoms with van der Waals surface area (Å²) in [6.45, 7) is 2.85. The van der Waals surface area contributed by atoms with E-state index in [1.807, 2.05) is 0 Å². The van der Waals surface area contributed by atoms with Crippen LogP contribution >= 0.6 is 0 Å². The van der Waals surface area contributed by atoms with Gasteiger partial charge in [-0.2, -0.15) is 0 Å². The Morgan fingerprint density at radius 1 is 1.41 bits per heavy atom. The van der Waals surface area contributed by atoms with Gasteiger partial charge in [0.2, 0.25) is 0 Å². The standard InChI is InChI=1S/C12H22N2O3/c15-7-6-14(9-10-3-1-5-13-10)12(16)11-4-2-8-17-11/h10-11,13,15H,1-9H2. The lowest BCUT2D eigenvalue weighted by Gasteiger charge is -2.27. The number of nitrogens with one attached hydrogen (secondary N) is 1. The van der Waals surface area contributed by atoms with Crippen molar-refractivity contribution >= 4 is 5.91 Å². The highest BCUT2D eigenvalue weighted by Crippen LogP contribution is 2.16. The quantitative estimate of drug-likeness (QED) is 0.697. The van der Waals surface area contributed by atoms with Gasteiger partial charge in [0.15, 0.2) is 0 Å². The Labute approximate surface area is 102 Å². The van der Waals surface area contributed by atoms with Gasteiger partial charge < -0.3 is 20.1 Å². The van der Waals surface area contributed by atoms with E-state index in [4.69, 9.17) is 9.84 Å². The molecule has 5 nitrogen and oxygen atoms in total. The molecule has 2 aliphatic rings. The molecule has 0 saturated carbocycles. The van der Waals surface area contributed by atoms with E-state index in [9.17, 15) is 4.79 Å². The molecule has 17 heavy (non-hydrogen) atoms. The van der Waals surface area contributed by atoms with E-state index in [1.165, 1.54) is 6.42 Å². The number of hydrogen-bond donors (Lipinski definition) is 2. The van der Waals surface area contributed by atoms with E-state index in [2.05, 4.69) is 5.32 Å². The van der Waals surface area contributed by atoms with Crippen LogP contribution in [0, 0.1) is 0 Å². The molecule has 0 spiro atoms. The second kappa shape index (κ2) is 6.33. The van der Waals surface area contributed by atoms with Crippen LogP contribution in [0.1, 0.15) is 25.7 Å². The number of rotatable bonds is 5. The van der Waals surface area contributed by atoms with Crippen molar-refractivity contribution in [1.82, 2.24) is 10.2 Å². The number of aliphatic hydroxyl groups excluding tert-OH is 1. The molecule has 0 radical (unpaired) electrons. The highest BCUT2D eigenvalue weighted by molar-refractivity contribution is 5.81. The average molecular weight is 242 g/mol. The van der Waals surface area contributed by atoms with Crippen LogP contribution in [-0.2, 0) is 9.53 Å². The third-order valence-corrected chi connectivity index (χ3v) is 3.49. The maximum absolute atomic E-state index is 12.2. The third-order valence-electron chi connectivity index (χ3n) is 3.49. The minimum Gasteiger partial charge on any atom is -0.395 e. The van der Waals surface area contributed by atoms with Crippen LogP contribution < -0.4 is 5.32 Å². The number of ether oxygens (including phenoxy) is 1. The van der Waals surface area contributed by atoms with E-state index < -0.39 is 0 Å². The molecule has 2 heterocycles. The van der Waals surface area contributed by atoms with Crippen molar-refractivity contribution in [2.45, 2.75) is 37.8 Å². The summed E-state index contributed by atoms with van der Waals surface area (Å²) in [6.07, 6.45) is 3.79. The molecule has 0 bridgehead atoms. The fourth-order valence-electron chi connectivity index (χ4n) is 2.57. The first kappa shape index (κ1) is 12.8. The first-order valence-electron chi connectivity index (χ1n) is 6.56. The normalized spacial score (nSPS) is 28.5. The Morgan fingerprint density at radius 2 is 2.29 bits per heavy atom. The van der Waals surface area contributed by atoms with Crippen molar-refractivity contribution in [3.05, 3.63) is 0 Å². The van der Waals surface area contributed by atoms with E-state index in [0.717, 1.165) is 25.8 Å². The highest BCUT2D eigenvalue weighted by Gasteiger charge is 2.29. The van der Waals surface area contributed by atoms with Crippen LogP contribution in [0.25, 0.3) is 0 Å². The van der Waals surface area contributed by atoms with Gasteiger partial charge in [0, 0.05) is 25.7 Å². The molecule has 0 aromatic carbocycles. The zero-order chi connectivity index (χ0) is 12.1. The molecule has 2 aliphatic heterocycles. The van der Waals surface area contributed by atoms with E-state index >= 15 is 0 Å². The SMILES string of the molecule is O=C(C1CCCO1)N(CCO)CC1CCCN1. The maximum Gasteiger partial charge on any atom is 0.251 e. The zero-order valence-corrected chi connectivity index (χ0v) is 10.2. The van der Waals surface area contributed by atoms with Crippen molar-refractivity contribution in [2.75, 3.05) is 32.8 Å². The van der Waals surface area contributed by atoms with Gasteiger partial charge in [-0.1, -0.05) is 0 Å². The molecular weight excluding hydrogens is 220 g/mol. The van der Waals surface area contributed by atoms with Gasteiger partial charge in [0.05, 0.1) is 6.61 Å². The number of carbonyl (C=O) groups excluding carboxylic acids is 1. The van der Waals surface area contributed by atoms with Crippen LogP contribution in [0.15, 0.2) is 0 Å². The Bertz CT molecular complexity index is 248. The Morgan fingerprint density at radius 3 is 2.88 bits per heavy atom. The van der Waals surface area contributed by atoms with Crippen molar-refractivity contribution < 1.29 is 14.6 Å². The molecule has 1 amide bonds. The molecule has 2 atom stereocenters. The summed E-state index contributed by atoms with van der Waals surface area (Å²) in [5, 5.41) is 12.4. The van der Waals surface area contributed by atoms with Crippen molar-refractivity contribution in [2.24, 2.45) is 0 Å². The minimum absolute atomic E-state index is 0.0190. The summed E-state index contributed by atoms with van der Waals surface area (Å²) < 4.78 is 5.41. The van der Waals surface area contributed by atoms with Crippen LogP contribution in [0.4, 0.5) is 0 Å².